The molecule has 0 atom stereocenters. The minimum atomic E-state index is -0.0936. The number of hydrogen-bond donors (Lipinski definition) is 1. The Hall–Kier alpha value is -1.07. The van der Waals surface area contributed by atoms with Gasteiger partial charge in [-0.1, -0.05) is 18.5 Å². The van der Waals surface area contributed by atoms with Gasteiger partial charge in [0.25, 0.3) is 5.56 Å². The van der Waals surface area contributed by atoms with E-state index in [4.69, 9.17) is 11.6 Å². The van der Waals surface area contributed by atoms with Gasteiger partial charge < -0.3 is 5.32 Å². The first-order chi connectivity index (χ1) is 10.2. The predicted molar refractivity (Wildman–Crippen MR) is 85.0 cm³/mol. The third kappa shape index (κ3) is 3.77. The maximum absolute atomic E-state index is 12.4. The summed E-state index contributed by atoms with van der Waals surface area (Å²) < 4.78 is 1.55. The van der Waals surface area contributed by atoms with E-state index in [1.54, 1.807) is 10.9 Å². The van der Waals surface area contributed by atoms with Crippen molar-refractivity contribution in [1.29, 1.82) is 0 Å². The van der Waals surface area contributed by atoms with E-state index in [2.05, 4.69) is 22.2 Å². The highest BCUT2D eigenvalue weighted by Crippen LogP contribution is 2.30. The number of likely N-dealkylation sites (N-methyl/N-ethyl adjacent to an activating group) is 1. The average Bonchev–Trinajstić information content (AvgIpc) is 3.35. The summed E-state index contributed by atoms with van der Waals surface area (Å²) in [6.07, 6.45) is 6.58. The number of aromatic nitrogens is 2. The molecule has 0 aliphatic heterocycles. The number of nitrogens with zero attached hydrogens (tertiary/aromatic N) is 3. The zero-order valence-corrected chi connectivity index (χ0v) is 13.3. The number of anilines is 1. The Labute approximate surface area is 130 Å². The molecule has 0 saturated heterocycles. The third-order valence-electron chi connectivity index (χ3n) is 4.30. The highest BCUT2D eigenvalue weighted by Gasteiger charge is 2.27. The Morgan fingerprint density at radius 3 is 2.81 bits per heavy atom. The highest BCUT2D eigenvalue weighted by molar-refractivity contribution is 6.32. The van der Waals surface area contributed by atoms with Crippen LogP contribution in [0.15, 0.2) is 11.0 Å². The Kier molecular flexibility index (Phi) is 4.50. The molecule has 5 nitrogen and oxygen atoms in total. The van der Waals surface area contributed by atoms with Crippen molar-refractivity contribution in [2.24, 2.45) is 5.92 Å². The fraction of sp³-hybridized carbons (Fsp3) is 0.733. The van der Waals surface area contributed by atoms with Gasteiger partial charge in [-0.05, 0) is 38.1 Å². The Balaban J connectivity index is 1.61. The average molecular weight is 311 g/mol. The van der Waals surface area contributed by atoms with Crippen molar-refractivity contribution >= 4 is 17.3 Å². The second-order valence-electron chi connectivity index (χ2n) is 6.08. The number of rotatable bonds is 8. The summed E-state index contributed by atoms with van der Waals surface area (Å²) in [6.45, 7) is 5.64. The molecule has 2 saturated carbocycles. The van der Waals surface area contributed by atoms with Crippen molar-refractivity contribution in [1.82, 2.24) is 14.7 Å². The van der Waals surface area contributed by atoms with Crippen molar-refractivity contribution in [2.75, 3.05) is 25.0 Å². The lowest BCUT2D eigenvalue weighted by Crippen LogP contribution is -2.33. The summed E-state index contributed by atoms with van der Waals surface area (Å²) in [5.41, 5.74) is 0.406. The molecular formula is C15H23ClN4O. The first-order valence-corrected chi connectivity index (χ1v) is 8.30. The molecule has 2 fully saturated rings. The van der Waals surface area contributed by atoms with Gasteiger partial charge in [-0.25, -0.2) is 4.68 Å². The summed E-state index contributed by atoms with van der Waals surface area (Å²) in [5.74, 6) is 0.620. The van der Waals surface area contributed by atoms with Gasteiger partial charge in [0.05, 0.1) is 11.2 Å². The normalized spacial score (nSPS) is 18.2. The molecule has 0 amide bonds. The maximum atomic E-state index is 12.4. The van der Waals surface area contributed by atoms with E-state index in [0.717, 1.165) is 25.7 Å². The van der Waals surface area contributed by atoms with Crippen LogP contribution < -0.4 is 10.9 Å². The van der Waals surface area contributed by atoms with E-state index in [0.29, 0.717) is 23.2 Å². The fourth-order valence-corrected chi connectivity index (χ4v) is 2.86. The van der Waals surface area contributed by atoms with Crippen molar-refractivity contribution in [2.45, 2.75) is 45.2 Å². The zero-order chi connectivity index (χ0) is 14.8. The summed E-state index contributed by atoms with van der Waals surface area (Å²) in [7, 11) is 0. The number of nitrogens with one attached hydrogen (secondary N) is 1. The summed E-state index contributed by atoms with van der Waals surface area (Å²) in [4.78, 5) is 14.8. The Morgan fingerprint density at radius 1 is 1.43 bits per heavy atom. The van der Waals surface area contributed by atoms with E-state index in [1.165, 1.54) is 25.7 Å². The lowest BCUT2D eigenvalue weighted by Gasteiger charge is -2.20. The minimum Gasteiger partial charge on any atom is -0.378 e. The Bertz CT molecular complexity index is 551. The molecule has 2 aliphatic carbocycles. The van der Waals surface area contributed by atoms with Gasteiger partial charge in [-0.2, -0.15) is 5.10 Å². The molecule has 0 unspecified atom stereocenters. The van der Waals surface area contributed by atoms with Gasteiger partial charge in [0, 0.05) is 25.7 Å². The first kappa shape index (κ1) is 14.9. The molecule has 0 aromatic carbocycles. The molecule has 116 valence electrons. The molecule has 1 aromatic rings. The topological polar surface area (TPSA) is 50.2 Å². The smallest absolute Gasteiger partial charge is 0.291 e. The van der Waals surface area contributed by atoms with Gasteiger partial charge >= 0.3 is 0 Å². The molecule has 1 heterocycles. The lowest BCUT2D eigenvalue weighted by molar-refractivity contribution is 0.289. The van der Waals surface area contributed by atoms with Gasteiger partial charge in [-0.3, -0.25) is 9.69 Å². The van der Waals surface area contributed by atoms with Crippen LogP contribution in [0.3, 0.4) is 0 Å². The van der Waals surface area contributed by atoms with Crippen LogP contribution in [0.2, 0.25) is 5.02 Å². The highest BCUT2D eigenvalue weighted by atomic mass is 35.5. The second-order valence-corrected chi connectivity index (χ2v) is 6.49. The fourth-order valence-electron chi connectivity index (χ4n) is 2.67. The molecule has 0 radical (unpaired) electrons. The molecule has 0 bridgehead atoms. The van der Waals surface area contributed by atoms with E-state index in [-0.39, 0.29) is 5.56 Å². The van der Waals surface area contributed by atoms with E-state index in [1.807, 2.05) is 0 Å². The molecule has 21 heavy (non-hydrogen) atoms. The molecule has 2 aliphatic rings. The molecular weight excluding hydrogens is 288 g/mol. The minimum absolute atomic E-state index is 0.0936. The van der Waals surface area contributed by atoms with Crippen LogP contribution in [0, 0.1) is 5.92 Å². The molecule has 6 heteroatoms. The third-order valence-corrected chi connectivity index (χ3v) is 4.58. The van der Waals surface area contributed by atoms with Crippen molar-refractivity contribution < 1.29 is 0 Å². The largest absolute Gasteiger partial charge is 0.378 e. The molecule has 3 rings (SSSR count). The van der Waals surface area contributed by atoms with Gasteiger partial charge in [0.1, 0.15) is 5.69 Å². The monoisotopic (exact) mass is 310 g/mol. The van der Waals surface area contributed by atoms with Gasteiger partial charge in [0.2, 0.25) is 0 Å². The van der Waals surface area contributed by atoms with Gasteiger partial charge in [0.15, 0.2) is 0 Å². The van der Waals surface area contributed by atoms with Crippen LogP contribution in [0.25, 0.3) is 0 Å². The van der Waals surface area contributed by atoms with Gasteiger partial charge in [-0.15, -0.1) is 0 Å². The van der Waals surface area contributed by atoms with Crippen molar-refractivity contribution in [3.63, 3.8) is 0 Å². The SMILES string of the molecule is CCN(CCNc1c(Cl)cnn(CC2CC2)c1=O)C1CC1. The van der Waals surface area contributed by atoms with E-state index in [9.17, 15) is 4.79 Å². The van der Waals surface area contributed by atoms with Crippen LogP contribution in [0.4, 0.5) is 5.69 Å². The number of hydrogen-bond acceptors (Lipinski definition) is 4. The van der Waals surface area contributed by atoms with E-state index < -0.39 is 0 Å². The van der Waals surface area contributed by atoms with Crippen LogP contribution in [0.5, 0.6) is 0 Å². The zero-order valence-electron chi connectivity index (χ0n) is 12.5. The lowest BCUT2D eigenvalue weighted by atomic mass is 10.4. The van der Waals surface area contributed by atoms with E-state index >= 15 is 0 Å². The van der Waals surface area contributed by atoms with Crippen molar-refractivity contribution in [3.05, 3.63) is 21.6 Å². The Morgan fingerprint density at radius 2 is 2.19 bits per heavy atom. The summed E-state index contributed by atoms with van der Waals surface area (Å²) in [5, 5.41) is 7.77. The van der Waals surface area contributed by atoms with Crippen LogP contribution >= 0.6 is 11.6 Å². The van der Waals surface area contributed by atoms with Crippen LogP contribution in [-0.2, 0) is 6.54 Å². The first-order valence-electron chi connectivity index (χ1n) is 7.92. The molecule has 1 aromatic heterocycles. The van der Waals surface area contributed by atoms with Crippen LogP contribution in [0.1, 0.15) is 32.6 Å². The second kappa shape index (κ2) is 6.36. The quantitative estimate of drug-likeness (QED) is 0.800. The summed E-state index contributed by atoms with van der Waals surface area (Å²) >= 11 is 6.13. The molecule has 0 spiro atoms. The standard InChI is InChI=1S/C15H23ClN4O/c1-2-19(12-5-6-12)8-7-17-14-13(16)9-18-20(15(14)21)10-11-3-4-11/h9,11-12,17H,2-8,10H2,1H3. The maximum Gasteiger partial charge on any atom is 0.291 e. The van der Waals surface area contributed by atoms with Crippen LogP contribution in [-0.4, -0.2) is 40.4 Å². The number of halogens is 1. The summed E-state index contributed by atoms with van der Waals surface area (Å²) in [6, 6.07) is 0.747. The predicted octanol–water partition coefficient (Wildman–Crippen LogP) is 2.20. The molecule has 1 N–H and O–H groups in total. The van der Waals surface area contributed by atoms with Crippen molar-refractivity contribution in [3.8, 4) is 0 Å².